The maximum Gasteiger partial charge on any atom is 0.314 e. The Hall–Kier alpha value is -0.850. The molecule has 1 aliphatic carbocycles. The summed E-state index contributed by atoms with van der Waals surface area (Å²) in [6.45, 7) is 1.21. The number of aliphatic hydroxyl groups excluding tert-OH is 4. The predicted molar refractivity (Wildman–Crippen MR) is 80.2 cm³/mol. The molecule has 0 spiro atoms. The SMILES string of the molecule is CC1CC2OC(=O)C3C(OC4OC(CO)C(O)C(O)C4O)OCC1(O)C23. The highest BCUT2D eigenvalue weighted by Crippen LogP contribution is 2.54. The monoisotopic (exact) mass is 376 g/mol. The molecule has 5 N–H and O–H groups in total. The van der Waals surface area contributed by atoms with E-state index >= 15 is 0 Å². The van der Waals surface area contributed by atoms with Gasteiger partial charge in [-0.15, -0.1) is 0 Å². The molecule has 3 heterocycles. The Bertz CT molecular complexity index is 569. The summed E-state index contributed by atoms with van der Waals surface area (Å²) in [5.74, 6) is -2.05. The van der Waals surface area contributed by atoms with Crippen LogP contribution in [0.2, 0.25) is 0 Å². The fraction of sp³-hybridized carbons (Fsp3) is 0.938. The van der Waals surface area contributed by atoms with E-state index in [-0.39, 0.29) is 12.5 Å². The summed E-state index contributed by atoms with van der Waals surface area (Å²) >= 11 is 0. The zero-order chi connectivity index (χ0) is 18.8. The van der Waals surface area contributed by atoms with Crippen molar-refractivity contribution < 1.29 is 49.3 Å². The van der Waals surface area contributed by atoms with Gasteiger partial charge in [0.2, 0.25) is 0 Å². The average Bonchev–Trinajstić information content (AvgIpc) is 3.06. The van der Waals surface area contributed by atoms with Crippen molar-refractivity contribution in [2.75, 3.05) is 13.2 Å². The van der Waals surface area contributed by atoms with Crippen molar-refractivity contribution in [1.29, 1.82) is 0 Å². The number of carbonyl (C=O) groups excluding carboxylic acids is 1. The van der Waals surface area contributed by atoms with Gasteiger partial charge in [-0.1, -0.05) is 6.92 Å². The van der Waals surface area contributed by atoms with Gasteiger partial charge in [0, 0.05) is 5.92 Å². The molecule has 1 saturated carbocycles. The van der Waals surface area contributed by atoms with Crippen molar-refractivity contribution in [3.8, 4) is 0 Å². The number of rotatable bonds is 3. The predicted octanol–water partition coefficient (Wildman–Crippen LogP) is -2.91. The van der Waals surface area contributed by atoms with Crippen LogP contribution in [0.3, 0.4) is 0 Å². The number of hydrogen-bond acceptors (Lipinski definition) is 10. The molecule has 0 aromatic rings. The van der Waals surface area contributed by atoms with Gasteiger partial charge in [0.15, 0.2) is 12.6 Å². The van der Waals surface area contributed by atoms with E-state index < -0.39 is 73.1 Å². The van der Waals surface area contributed by atoms with Crippen molar-refractivity contribution in [3.05, 3.63) is 0 Å². The van der Waals surface area contributed by atoms with Gasteiger partial charge < -0.3 is 44.5 Å². The van der Waals surface area contributed by atoms with E-state index in [9.17, 15) is 30.3 Å². The second-order valence-corrected chi connectivity index (χ2v) is 7.67. The molecule has 0 aromatic heterocycles. The topological polar surface area (TPSA) is 155 Å². The molecule has 0 radical (unpaired) electrons. The average molecular weight is 376 g/mol. The fourth-order valence-electron chi connectivity index (χ4n) is 4.66. The van der Waals surface area contributed by atoms with Crippen molar-refractivity contribution in [1.82, 2.24) is 0 Å². The van der Waals surface area contributed by atoms with E-state index in [0.717, 1.165) is 0 Å². The van der Waals surface area contributed by atoms with Crippen LogP contribution in [0.4, 0.5) is 0 Å². The Balaban J connectivity index is 1.53. The molecule has 4 aliphatic rings. The molecule has 0 aromatic carbocycles. The molecule has 3 aliphatic heterocycles. The second kappa shape index (κ2) is 6.35. The van der Waals surface area contributed by atoms with Gasteiger partial charge in [-0.3, -0.25) is 4.79 Å². The zero-order valence-electron chi connectivity index (χ0n) is 14.2. The van der Waals surface area contributed by atoms with Gasteiger partial charge in [0.05, 0.1) is 18.8 Å². The Kier molecular flexibility index (Phi) is 4.52. The summed E-state index contributed by atoms with van der Waals surface area (Å²) in [5.41, 5.74) is -1.20. The van der Waals surface area contributed by atoms with Crippen molar-refractivity contribution >= 4 is 5.97 Å². The minimum atomic E-state index is -1.60. The van der Waals surface area contributed by atoms with E-state index in [1.54, 1.807) is 0 Å². The van der Waals surface area contributed by atoms with Crippen molar-refractivity contribution in [2.24, 2.45) is 17.8 Å². The highest BCUT2D eigenvalue weighted by atomic mass is 16.8. The first-order chi connectivity index (χ1) is 12.3. The van der Waals surface area contributed by atoms with Crippen LogP contribution in [-0.4, -0.2) is 93.4 Å². The van der Waals surface area contributed by atoms with E-state index in [1.165, 1.54) is 0 Å². The standard InChI is InChI=1S/C16H24O10/c1-5-2-6-9-8(13(21)24-6)14(23-4-16(5,9)22)26-15-12(20)11(19)10(18)7(3-17)25-15/h5-12,14-15,17-20,22H,2-4H2,1H3. The van der Waals surface area contributed by atoms with E-state index in [1.807, 2.05) is 6.92 Å². The summed E-state index contributed by atoms with van der Waals surface area (Å²) in [4.78, 5) is 12.3. The Morgan fingerprint density at radius 2 is 1.92 bits per heavy atom. The molecular weight excluding hydrogens is 352 g/mol. The molecule has 3 saturated heterocycles. The minimum Gasteiger partial charge on any atom is -0.462 e. The van der Waals surface area contributed by atoms with Gasteiger partial charge in [-0.2, -0.15) is 0 Å². The first kappa shape index (κ1) is 18.5. The molecular formula is C16H24O10. The fourth-order valence-corrected chi connectivity index (χ4v) is 4.66. The number of carbonyl (C=O) groups is 1. The van der Waals surface area contributed by atoms with Crippen LogP contribution in [0, 0.1) is 17.8 Å². The quantitative estimate of drug-likeness (QED) is 0.324. The molecule has 148 valence electrons. The summed E-state index contributed by atoms with van der Waals surface area (Å²) < 4.78 is 21.8. The van der Waals surface area contributed by atoms with Gasteiger partial charge in [-0.25, -0.2) is 0 Å². The zero-order valence-corrected chi connectivity index (χ0v) is 14.2. The summed E-state index contributed by atoms with van der Waals surface area (Å²) in [6.07, 6.45) is -8.31. The van der Waals surface area contributed by atoms with Crippen LogP contribution in [-0.2, 0) is 23.7 Å². The van der Waals surface area contributed by atoms with Crippen LogP contribution < -0.4 is 0 Å². The van der Waals surface area contributed by atoms with Gasteiger partial charge in [-0.05, 0) is 12.3 Å². The first-order valence-electron chi connectivity index (χ1n) is 8.78. The Morgan fingerprint density at radius 3 is 2.62 bits per heavy atom. The van der Waals surface area contributed by atoms with Crippen LogP contribution >= 0.6 is 0 Å². The number of aliphatic hydroxyl groups is 5. The number of esters is 1. The lowest BCUT2D eigenvalue weighted by molar-refractivity contribution is -0.359. The van der Waals surface area contributed by atoms with Crippen LogP contribution in [0.15, 0.2) is 0 Å². The third kappa shape index (κ3) is 2.52. The lowest BCUT2D eigenvalue weighted by Crippen LogP contribution is -2.62. The molecule has 11 atom stereocenters. The highest BCUT2D eigenvalue weighted by molar-refractivity contribution is 5.76. The van der Waals surface area contributed by atoms with E-state index in [4.69, 9.17) is 18.9 Å². The summed E-state index contributed by atoms with van der Waals surface area (Å²) in [7, 11) is 0. The maximum absolute atomic E-state index is 12.3. The number of ether oxygens (including phenoxy) is 4. The smallest absolute Gasteiger partial charge is 0.314 e. The van der Waals surface area contributed by atoms with E-state index in [2.05, 4.69) is 0 Å². The van der Waals surface area contributed by atoms with Crippen LogP contribution in [0.5, 0.6) is 0 Å². The van der Waals surface area contributed by atoms with Gasteiger partial charge in [0.1, 0.15) is 36.4 Å². The maximum atomic E-state index is 12.3. The Morgan fingerprint density at radius 1 is 1.19 bits per heavy atom. The molecule has 11 unspecified atom stereocenters. The van der Waals surface area contributed by atoms with Gasteiger partial charge in [0.25, 0.3) is 0 Å². The summed E-state index contributed by atoms with van der Waals surface area (Å²) in [5, 5.41) is 50.0. The molecule has 4 rings (SSSR count). The number of hydrogen-bond donors (Lipinski definition) is 5. The molecule has 4 fully saturated rings. The van der Waals surface area contributed by atoms with Gasteiger partial charge >= 0.3 is 5.97 Å². The summed E-state index contributed by atoms with van der Waals surface area (Å²) in [6, 6.07) is 0. The lowest BCUT2D eigenvalue weighted by Gasteiger charge is -2.45. The lowest BCUT2D eigenvalue weighted by atomic mass is 9.76. The van der Waals surface area contributed by atoms with Crippen molar-refractivity contribution in [2.45, 2.75) is 62.0 Å². The third-order valence-electron chi connectivity index (χ3n) is 6.23. The first-order valence-corrected chi connectivity index (χ1v) is 8.78. The normalized spacial score (nSPS) is 56.3. The minimum absolute atomic E-state index is 0.0649. The molecule has 0 bridgehead atoms. The molecule has 0 amide bonds. The van der Waals surface area contributed by atoms with Crippen LogP contribution in [0.1, 0.15) is 13.3 Å². The largest absolute Gasteiger partial charge is 0.462 e. The second-order valence-electron chi connectivity index (χ2n) is 7.67. The highest BCUT2D eigenvalue weighted by Gasteiger charge is 2.67. The van der Waals surface area contributed by atoms with Crippen molar-refractivity contribution in [3.63, 3.8) is 0 Å². The third-order valence-corrected chi connectivity index (χ3v) is 6.23. The Labute approximate surface area is 149 Å². The molecule has 10 heteroatoms. The molecule has 26 heavy (non-hydrogen) atoms. The van der Waals surface area contributed by atoms with E-state index in [0.29, 0.717) is 6.42 Å². The molecule has 10 nitrogen and oxygen atoms in total. The van der Waals surface area contributed by atoms with Crippen LogP contribution in [0.25, 0.3) is 0 Å².